The Morgan fingerprint density at radius 2 is 1.81 bits per heavy atom. The number of hydrogen-bond donors (Lipinski definition) is 0. The lowest BCUT2D eigenvalue weighted by atomic mass is 9.90. The van der Waals surface area contributed by atoms with Gasteiger partial charge in [-0.3, -0.25) is 0 Å². The van der Waals surface area contributed by atoms with Gasteiger partial charge in [-0.2, -0.15) is 5.10 Å². The van der Waals surface area contributed by atoms with E-state index in [0.717, 1.165) is 48.6 Å². The Bertz CT molecular complexity index is 1060. The van der Waals surface area contributed by atoms with Crippen molar-refractivity contribution in [3.63, 3.8) is 0 Å². The zero-order valence-electron chi connectivity index (χ0n) is 17.6. The molecule has 7 heteroatoms. The van der Waals surface area contributed by atoms with Crippen LogP contribution in [0, 0.1) is 17.5 Å². The van der Waals surface area contributed by atoms with Crippen molar-refractivity contribution in [3.05, 3.63) is 82.4 Å². The third-order valence-corrected chi connectivity index (χ3v) is 5.83. The predicted octanol–water partition coefficient (Wildman–Crippen LogP) is 5.63. The standard InChI is InChI=1S/C24H25F3N2O2/c1-30-24(31-2)22-19-9-4-3-7-16(12-15-6-5-8-17(25)13-15)23(19)29(28-22)21-11-10-18(26)14-20(21)27/h5-6,8,10-11,13-14,16,24H,3-4,7,9,12H2,1-2H3. The summed E-state index contributed by atoms with van der Waals surface area (Å²) in [7, 11) is 3.05. The van der Waals surface area contributed by atoms with Gasteiger partial charge in [-0.15, -0.1) is 0 Å². The quantitative estimate of drug-likeness (QED) is 0.375. The molecule has 31 heavy (non-hydrogen) atoms. The molecule has 0 saturated heterocycles. The Morgan fingerprint density at radius 3 is 2.52 bits per heavy atom. The fourth-order valence-corrected chi connectivity index (χ4v) is 4.48. The molecule has 0 saturated carbocycles. The molecule has 1 heterocycles. The average Bonchev–Trinajstić information content (AvgIpc) is 2.97. The van der Waals surface area contributed by atoms with E-state index in [0.29, 0.717) is 12.1 Å². The molecule has 0 aliphatic heterocycles. The largest absolute Gasteiger partial charge is 0.350 e. The monoisotopic (exact) mass is 430 g/mol. The van der Waals surface area contributed by atoms with Crippen LogP contribution < -0.4 is 0 Å². The molecule has 3 aromatic rings. The first-order chi connectivity index (χ1) is 15.0. The summed E-state index contributed by atoms with van der Waals surface area (Å²) in [4.78, 5) is 0. The van der Waals surface area contributed by atoms with E-state index in [-0.39, 0.29) is 17.4 Å². The van der Waals surface area contributed by atoms with Gasteiger partial charge in [0.15, 0.2) is 5.82 Å². The predicted molar refractivity (Wildman–Crippen MR) is 111 cm³/mol. The van der Waals surface area contributed by atoms with Crippen LogP contribution in [0.5, 0.6) is 0 Å². The Kier molecular flexibility index (Phi) is 6.43. The van der Waals surface area contributed by atoms with Crippen LogP contribution in [0.2, 0.25) is 0 Å². The topological polar surface area (TPSA) is 36.3 Å². The SMILES string of the molecule is COC(OC)c1nn(-c2ccc(F)cc2F)c2c1CCCCC2Cc1cccc(F)c1. The summed E-state index contributed by atoms with van der Waals surface area (Å²) in [6, 6.07) is 9.98. The number of fused-ring (bicyclic) bond motifs is 1. The van der Waals surface area contributed by atoms with E-state index in [2.05, 4.69) is 5.10 Å². The third-order valence-electron chi connectivity index (χ3n) is 5.83. The molecule has 164 valence electrons. The number of benzene rings is 2. The van der Waals surface area contributed by atoms with Crippen LogP contribution in [0.15, 0.2) is 42.5 Å². The number of nitrogens with zero attached hydrogens (tertiary/aromatic N) is 2. The molecule has 0 amide bonds. The lowest BCUT2D eigenvalue weighted by Crippen LogP contribution is -2.12. The highest BCUT2D eigenvalue weighted by Gasteiger charge is 2.32. The number of ether oxygens (including phenoxy) is 2. The minimum atomic E-state index is -0.702. The van der Waals surface area contributed by atoms with Gasteiger partial charge in [0, 0.05) is 31.8 Å². The van der Waals surface area contributed by atoms with E-state index in [1.807, 2.05) is 6.07 Å². The molecule has 0 bridgehead atoms. The van der Waals surface area contributed by atoms with Gasteiger partial charge in [0.1, 0.15) is 23.0 Å². The molecular formula is C24H25F3N2O2. The van der Waals surface area contributed by atoms with Gasteiger partial charge < -0.3 is 9.47 Å². The maximum atomic E-state index is 14.8. The smallest absolute Gasteiger partial charge is 0.202 e. The number of aromatic nitrogens is 2. The molecular weight excluding hydrogens is 405 g/mol. The molecule has 0 N–H and O–H groups in total. The molecule has 0 radical (unpaired) electrons. The number of methoxy groups -OCH3 is 2. The van der Waals surface area contributed by atoms with Gasteiger partial charge in [-0.05, 0) is 55.5 Å². The normalized spacial score (nSPS) is 16.4. The molecule has 0 fully saturated rings. The highest BCUT2D eigenvalue weighted by Crippen LogP contribution is 2.39. The second-order valence-corrected chi connectivity index (χ2v) is 7.84. The van der Waals surface area contributed by atoms with Crippen molar-refractivity contribution in [2.45, 2.75) is 44.3 Å². The van der Waals surface area contributed by atoms with E-state index in [1.54, 1.807) is 10.7 Å². The van der Waals surface area contributed by atoms with Crippen LogP contribution in [-0.4, -0.2) is 24.0 Å². The van der Waals surface area contributed by atoms with Crippen molar-refractivity contribution in [3.8, 4) is 5.69 Å². The Hall–Kier alpha value is -2.64. The van der Waals surface area contributed by atoms with E-state index in [9.17, 15) is 13.2 Å². The summed E-state index contributed by atoms with van der Waals surface area (Å²) in [5, 5.41) is 4.68. The maximum Gasteiger partial charge on any atom is 0.202 e. The Balaban J connectivity index is 1.88. The average molecular weight is 430 g/mol. The van der Waals surface area contributed by atoms with Gasteiger partial charge in [0.25, 0.3) is 0 Å². The molecule has 1 aliphatic rings. The summed E-state index contributed by atoms with van der Waals surface area (Å²) in [6.07, 6.45) is 3.40. The zero-order chi connectivity index (χ0) is 22.0. The van der Waals surface area contributed by atoms with Crippen LogP contribution in [0.3, 0.4) is 0 Å². The second kappa shape index (κ2) is 9.24. The zero-order valence-corrected chi connectivity index (χ0v) is 17.6. The number of halogens is 3. The molecule has 1 aromatic heterocycles. The van der Waals surface area contributed by atoms with Gasteiger partial charge in [0.2, 0.25) is 6.29 Å². The first-order valence-corrected chi connectivity index (χ1v) is 10.4. The first kappa shape index (κ1) is 21.6. The lowest BCUT2D eigenvalue weighted by Gasteiger charge is -2.19. The fraction of sp³-hybridized carbons (Fsp3) is 0.375. The van der Waals surface area contributed by atoms with Gasteiger partial charge in [0.05, 0.1) is 5.69 Å². The van der Waals surface area contributed by atoms with Crippen LogP contribution in [0.1, 0.15) is 54.0 Å². The van der Waals surface area contributed by atoms with Crippen molar-refractivity contribution in [2.24, 2.45) is 0 Å². The summed E-state index contributed by atoms with van der Waals surface area (Å²) >= 11 is 0. The molecule has 1 aliphatic carbocycles. The molecule has 2 aromatic carbocycles. The summed E-state index contributed by atoms with van der Waals surface area (Å²) in [6.45, 7) is 0. The van der Waals surface area contributed by atoms with E-state index < -0.39 is 17.9 Å². The van der Waals surface area contributed by atoms with Gasteiger partial charge >= 0.3 is 0 Å². The minimum Gasteiger partial charge on any atom is -0.350 e. The van der Waals surface area contributed by atoms with Gasteiger partial charge in [-0.1, -0.05) is 18.6 Å². The highest BCUT2D eigenvalue weighted by molar-refractivity contribution is 5.42. The molecule has 1 atom stereocenters. The highest BCUT2D eigenvalue weighted by atomic mass is 19.1. The van der Waals surface area contributed by atoms with E-state index >= 15 is 0 Å². The van der Waals surface area contributed by atoms with Crippen LogP contribution >= 0.6 is 0 Å². The lowest BCUT2D eigenvalue weighted by molar-refractivity contribution is -0.109. The Morgan fingerprint density at radius 1 is 1.03 bits per heavy atom. The first-order valence-electron chi connectivity index (χ1n) is 10.4. The van der Waals surface area contributed by atoms with Crippen molar-refractivity contribution < 1.29 is 22.6 Å². The third kappa shape index (κ3) is 4.38. The van der Waals surface area contributed by atoms with Crippen molar-refractivity contribution >= 4 is 0 Å². The summed E-state index contributed by atoms with van der Waals surface area (Å²) in [5.74, 6) is -1.65. The van der Waals surface area contributed by atoms with E-state index in [4.69, 9.17) is 9.47 Å². The number of hydrogen-bond acceptors (Lipinski definition) is 3. The maximum absolute atomic E-state index is 14.8. The van der Waals surface area contributed by atoms with Crippen molar-refractivity contribution in [1.82, 2.24) is 9.78 Å². The van der Waals surface area contributed by atoms with Crippen molar-refractivity contribution in [2.75, 3.05) is 14.2 Å². The molecule has 4 rings (SSSR count). The summed E-state index contributed by atoms with van der Waals surface area (Å²) in [5.41, 5.74) is 3.43. The fourth-order valence-electron chi connectivity index (χ4n) is 4.48. The van der Waals surface area contributed by atoms with Crippen LogP contribution in [0.25, 0.3) is 5.69 Å². The van der Waals surface area contributed by atoms with Crippen molar-refractivity contribution in [1.29, 1.82) is 0 Å². The molecule has 4 nitrogen and oxygen atoms in total. The number of rotatable bonds is 6. The minimum absolute atomic E-state index is 0.0145. The summed E-state index contributed by atoms with van der Waals surface area (Å²) < 4.78 is 54.6. The van der Waals surface area contributed by atoms with E-state index in [1.165, 1.54) is 38.5 Å². The van der Waals surface area contributed by atoms with Crippen LogP contribution in [-0.2, 0) is 22.3 Å². The molecule has 1 unspecified atom stereocenters. The van der Waals surface area contributed by atoms with Crippen LogP contribution in [0.4, 0.5) is 13.2 Å². The second-order valence-electron chi connectivity index (χ2n) is 7.84. The Labute approximate surface area is 179 Å². The van der Waals surface area contributed by atoms with Gasteiger partial charge in [-0.25, -0.2) is 17.9 Å². The molecule has 0 spiro atoms.